The number of carbonyl (C=O) groups excluding carboxylic acids is 1. The fourth-order valence-corrected chi connectivity index (χ4v) is 3.62. The topological polar surface area (TPSA) is 64.0 Å². The maximum Gasteiger partial charge on any atom is 0.263 e. The van der Waals surface area contributed by atoms with E-state index in [1.54, 1.807) is 31.2 Å². The van der Waals surface area contributed by atoms with Crippen LogP contribution in [-0.2, 0) is 4.79 Å². The van der Waals surface area contributed by atoms with Crippen molar-refractivity contribution in [2.75, 3.05) is 5.32 Å². The summed E-state index contributed by atoms with van der Waals surface area (Å²) in [5.41, 5.74) is 1.23. The Hall–Kier alpha value is -2.18. The lowest BCUT2D eigenvalue weighted by Gasteiger charge is -2.15. The predicted octanol–water partition coefficient (Wildman–Crippen LogP) is 3.93. The number of fused-ring (bicyclic) bond motifs is 1. The fraction of sp³-hybridized carbons (Fsp3) is 0.235. The molecule has 0 aliphatic rings. The van der Waals surface area contributed by atoms with Gasteiger partial charge in [-0.3, -0.25) is 14.2 Å². The Balaban J connectivity index is 1.96. The number of halogens is 1. The van der Waals surface area contributed by atoms with Crippen LogP contribution in [0.5, 0.6) is 0 Å². The molecule has 0 saturated carbocycles. The number of thiophene rings is 1. The van der Waals surface area contributed by atoms with Gasteiger partial charge in [-0.15, -0.1) is 11.3 Å². The van der Waals surface area contributed by atoms with Gasteiger partial charge in [0.15, 0.2) is 0 Å². The molecule has 1 atom stereocenters. The number of nitrogens with one attached hydrogen (secondary N) is 1. The number of nitrogens with zero attached hydrogens (tertiary/aromatic N) is 2. The molecular weight excluding hydrogens is 346 g/mol. The Morgan fingerprint density at radius 2 is 2.04 bits per heavy atom. The van der Waals surface area contributed by atoms with Gasteiger partial charge in [0.25, 0.3) is 5.56 Å². The molecule has 0 unspecified atom stereocenters. The number of carbonyl (C=O) groups is 1. The van der Waals surface area contributed by atoms with Crippen LogP contribution in [0, 0.1) is 13.8 Å². The van der Waals surface area contributed by atoms with Crippen LogP contribution in [0.2, 0.25) is 5.02 Å². The van der Waals surface area contributed by atoms with Crippen LogP contribution < -0.4 is 10.9 Å². The highest BCUT2D eigenvalue weighted by molar-refractivity contribution is 7.18. The van der Waals surface area contributed by atoms with E-state index in [9.17, 15) is 9.59 Å². The number of hydrogen-bond acceptors (Lipinski definition) is 4. The van der Waals surface area contributed by atoms with Crippen LogP contribution in [-0.4, -0.2) is 15.5 Å². The summed E-state index contributed by atoms with van der Waals surface area (Å²) in [5.74, 6) is -0.323. The lowest BCUT2D eigenvalue weighted by Crippen LogP contribution is -2.31. The summed E-state index contributed by atoms with van der Waals surface area (Å²) < 4.78 is 1.35. The number of amides is 1. The molecule has 7 heteroatoms. The number of benzene rings is 1. The maximum atomic E-state index is 12.8. The third kappa shape index (κ3) is 2.83. The Kier molecular flexibility index (Phi) is 4.43. The van der Waals surface area contributed by atoms with Crippen LogP contribution in [0.4, 0.5) is 5.69 Å². The molecule has 3 aromatic rings. The molecule has 1 N–H and O–H groups in total. The minimum atomic E-state index is -0.703. The highest BCUT2D eigenvalue weighted by Crippen LogP contribution is 2.26. The van der Waals surface area contributed by atoms with Crippen molar-refractivity contribution in [2.45, 2.75) is 26.8 Å². The monoisotopic (exact) mass is 361 g/mol. The highest BCUT2D eigenvalue weighted by atomic mass is 35.5. The van der Waals surface area contributed by atoms with E-state index in [1.165, 1.54) is 22.2 Å². The van der Waals surface area contributed by atoms with Crippen molar-refractivity contribution in [1.82, 2.24) is 9.55 Å². The van der Waals surface area contributed by atoms with Gasteiger partial charge < -0.3 is 5.32 Å². The first-order valence-electron chi connectivity index (χ1n) is 7.42. The minimum Gasteiger partial charge on any atom is -0.323 e. The van der Waals surface area contributed by atoms with Gasteiger partial charge in [-0.05, 0) is 38.5 Å². The normalized spacial score (nSPS) is 12.3. The quantitative estimate of drug-likeness (QED) is 0.768. The van der Waals surface area contributed by atoms with Crippen molar-refractivity contribution < 1.29 is 4.79 Å². The molecule has 2 aromatic heterocycles. The van der Waals surface area contributed by atoms with Gasteiger partial charge in [-0.1, -0.05) is 23.7 Å². The van der Waals surface area contributed by atoms with Crippen molar-refractivity contribution >= 4 is 44.7 Å². The van der Waals surface area contributed by atoms with Crippen molar-refractivity contribution in [1.29, 1.82) is 0 Å². The summed E-state index contributed by atoms with van der Waals surface area (Å²) in [6.07, 6.45) is 1.43. The molecule has 0 saturated heterocycles. The van der Waals surface area contributed by atoms with Gasteiger partial charge in [0.2, 0.25) is 5.91 Å². The average molecular weight is 362 g/mol. The maximum absolute atomic E-state index is 12.8. The van der Waals surface area contributed by atoms with Crippen LogP contribution in [0.1, 0.15) is 23.4 Å². The molecule has 5 nitrogen and oxygen atoms in total. The molecule has 1 amide bonds. The van der Waals surface area contributed by atoms with Gasteiger partial charge in [-0.2, -0.15) is 0 Å². The number of para-hydroxylation sites is 1. The zero-order valence-electron chi connectivity index (χ0n) is 13.5. The van der Waals surface area contributed by atoms with E-state index in [1.807, 2.05) is 13.8 Å². The largest absolute Gasteiger partial charge is 0.323 e. The molecule has 0 spiro atoms. The Bertz CT molecular complexity index is 993. The van der Waals surface area contributed by atoms with Crippen LogP contribution in [0.25, 0.3) is 10.2 Å². The van der Waals surface area contributed by atoms with Gasteiger partial charge in [0.1, 0.15) is 10.9 Å². The lowest BCUT2D eigenvalue weighted by atomic mass is 10.2. The van der Waals surface area contributed by atoms with Crippen LogP contribution in [0.3, 0.4) is 0 Å². The molecule has 0 fully saturated rings. The molecule has 2 heterocycles. The standard InChI is InChI=1S/C17H16ClN3O2S/c1-9-11(3)24-16-14(9)17(23)21(8-19-16)10(2)15(22)20-13-7-5-4-6-12(13)18/h4-8,10H,1-3H3,(H,20,22)/t10-/m0/s1. The van der Waals surface area contributed by atoms with E-state index in [-0.39, 0.29) is 11.5 Å². The molecule has 0 radical (unpaired) electrons. The van der Waals surface area contributed by atoms with Crippen LogP contribution in [0.15, 0.2) is 35.4 Å². The van der Waals surface area contributed by atoms with E-state index in [0.29, 0.717) is 20.9 Å². The second-order valence-corrected chi connectivity index (χ2v) is 7.18. The SMILES string of the molecule is Cc1sc2ncn([C@@H](C)C(=O)Nc3ccccc3Cl)c(=O)c2c1C. The third-order valence-electron chi connectivity index (χ3n) is 4.04. The van der Waals surface area contributed by atoms with Gasteiger partial charge in [0, 0.05) is 4.88 Å². The van der Waals surface area contributed by atoms with Crippen LogP contribution >= 0.6 is 22.9 Å². The summed E-state index contributed by atoms with van der Waals surface area (Å²) in [5, 5.41) is 3.78. The highest BCUT2D eigenvalue weighted by Gasteiger charge is 2.20. The first kappa shape index (κ1) is 16.7. The van der Waals surface area contributed by atoms with Crippen molar-refractivity contribution in [3.8, 4) is 0 Å². The molecule has 0 aliphatic heterocycles. The summed E-state index contributed by atoms with van der Waals surface area (Å²) in [6.45, 7) is 5.52. The van der Waals surface area contributed by atoms with Crippen molar-refractivity contribution in [3.63, 3.8) is 0 Å². The number of anilines is 1. The Morgan fingerprint density at radius 3 is 2.75 bits per heavy atom. The average Bonchev–Trinajstić information content (AvgIpc) is 2.84. The molecule has 124 valence electrons. The van der Waals surface area contributed by atoms with Gasteiger partial charge in [-0.25, -0.2) is 4.98 Å². The fourth-order valence-electron chi connectivity index (χ4n) is 2.45. The minimum absolute atomic E-state index is 0.205. The van der Waals surface area contributed by atoms with Crippen molar-refractivity contribution in [3.05, 3.63) is 56.4 Å². The molecule has 0 aliphatic carbocycles. The molecule has 3 rings (SSSR count). The first-order chi connectivity index (χ1) is 11.4. The van der Waals surface area contributed by atoms with E-state index in [4.69, 9.17) is 11.6 Å². The van der Waals surface area contributed by atoms with E-state index in [0.717, 1.165) is 10.4 Å². The molecule has 1 aromatic carbocycles. The third-order valence-corrected chi connectivity index (χ3v) is 5.49. The second kappa shape index (κ2) is 6.37. The van der Waals surface area contributed by atoms with Crippen molar-refractivity contribution in [2.24, 2.45) is 0 Å². The smallest absolute Gasteiger partial charge is 0.263 e. The first-order valence-corrected chi connectivity index (χ1v) is 8.62. The van der Waals surface area contributed by atoms with E-state index >= 15 is 0 Å². The number of rotatable bonds is 3. The lowest BCUT2D eigenvalue weighted by molar-refractivity contribution is -0.118. The zero-order chi connectivity index (χ0) is 17.4. The summed E-state index contributed by atoms with van der Waals surface area (Å²) in [4.78, 5) is 31.3. The van der Waals surface area contributed by atoms with E-state index < -0.39 is 6.04 Å². The summed E-state index contributed by atoms with van der Waals surface area (Å²) in [7, 11) is 0. The van der Waals surface area contributed by atoms with Gasteiger partial charge >= 0.3 is 0 Å². The number of aromatic nitrogens is 2. The molecular formula is C17H16ClN3O2S. The van der Waals surface area contributed by atoms with Gasteiger partial charge in [0.05, 0.1) is 22.4 Å². The number of hydrogen-bond donors (Lipinski definition) is 1. The molecule has 24 heavy (non-hydrogen) atoms. The summed E-state index contributed by atoms with van der Waals surface area (Å²) in [6, 6.07) is 6.27. The Morgan fingerprint density at radius 1 is 1.33 bits per heavy atom. The second-order valence-electron chi connectivity index (χ2n) is 5.57. The van der Waals surface area contributed by atoms with E-state index in [2.05, 4.69) is 10.3 Å². The zero-order valence-corrected chi connectivity index (χ0v) is 15.0. The Labute approximate surface area is 147 Å². The molecule has 0 bridgehead atoms. The number of aryl methyl sites for hydroxylation is 2. The summed E-state index contributed by atoms with van der Waals surface area (Å²) >= 11 is 7.54. The predicted molar refractivity (Wildman–Crippen MR) is 98.1 cm³/mol.